The van der Waals surface area contributed by atoms with Gasteiger partial charge in [-0.25, -0.2) is 0 Å². The second-order valence-electron chi connectivity index (χ2n) is 6.88. The molecule has 2 N–H and O–H groups in total. The van der Waals surface area contributed by atoms with Gasteiger partial charge in [0.05, 0.1) is 6.54 Å². The average Bonchev–Trinajstić information content (AvgIpc) is 2.58. The number of carbonyl (C=O) groups excluding carboxylic acids is 3. The summed E-state index contributed by atoms with van der Waals surface area (Å²) in [6, 6.07) is 7.18. The molecule has 6 heteroatoms. The minimum absolute atomic E-state index is 0.00507. The second kappa shape index (κ2) is 9.20. The Bertz CT molecular complexity index is 599. The highest BCUT2D eigenvalue weighted by Gasteiger charge is 2.21. The summed E-state index contributed by atoms with van der Waals surface area (Å²) < 4.78 is 0. The van der Waals surface area contributed by atoms with Crippen LogP contribution < -0.4 is 10.6 Å². The Balaban J connectivity index is 2.49. The lowest BCUT2D eigenvalue weighted by Gasteiger charge is -2.18. The molecule has 0 heterocycles. The van der Waals surface area contributed by atoms with Crippen LogP contribution in [0.15, 0.2) is 24.3 Å². The van der Waals surface area contributed by atoms with Crippen molar-refractivity contribution in [3.63, 3.8) is 0 Å². The van der Waals surface area contributed by atoms with E-state index in [4.69, 9.17) is 0 Å². The Morgan fingerprint density at radius 3 is 2.00 bits per heavy atom. The van der Waals surface area contributed by atoms with Gasteiger partial charge in [0.25, 0.3) is 5.91 Å². The van der Waals surface area contributed by atoms with Crippen molar-refractivity contribution in [3.8, 4) is 0 Å². The summed E-state index contributed by atoms with van der Waals surface area (Å²) >= 11 is 0. The molecule has 0 aliphatic carbocycles. The maximum absolute atomic E-state index is 12.2. The van der Waals surface area contributed by atoms with Crippen LogP contribution in [0.3, 0.4) is 0 Å². The fourth-order valence-electron chi connectivity index (χ4n) is 2.15. The second-order valence-corrected chi connectivity index (χ2v) is 6.88. The SMILES string of the molecule is CCN(CC)C(=O)c1ccc(CNC(=O)CNC(=O)C(C)(C)C)cc1. The monoisotopic (exact) mass is 347 g/mol. The van der Waals surface area contributed by atoms with Gasteiger partial charge in [-0.2, -0.15) is 0 Å². The molecule has 138 valence electrons. The normalized spacial score (nSPS) is 10.9. The molecule has 0 saturated heterocycles. The highest BCUT2D eigenvalue weighted by atomic mass is 16.2. The zero-order valence-corrected chi connectivity index (χ0v) is 15.8. The molecule has 0 fully saturated rings. The first kappa shape index (κ1) is 20.7. The molecule has 6 nitrogen and oxygen atoms in total. The fraction of sp³-hybridized carbons (Fsp3) is 0.526. The van der Waals surface area contributed by atoms with Crippen molar-refractivity contribution in [1.29, 1.82) is 0 Å². The van der Waals surface area contributed by atoms with E-state index in [-0.39, 0.29) is 24.3 Å². The van der Waals surface area contributed by atoms with E-state index in [2.05, 4.69) is 10.6 Å². The van der Waals surface area contributed by atoms with E-state index in [0.29, 0.717) is 25.2 Å². The van der Waals surface area contributed by atoms with Crippen LogP contribution in [0.5, 0.6) is 0 Å². The van der Waals surface area contributed by atoms with Gasteiger partial charge < -0.3 is 15.5 Å². The highest BCUT2D eigenvalue weighted by molar-refractivity contribution is 5.94. The van der Waals surface area contributed by atoms with Gasteiger partial charge in [0.2, 0.25) is 11.8 Å². The van der Waals surface area contributed by atoms with Crippen LogP contribution in [0.25, 0.3) is 0 Å². The molecule has 0 aromatic heterocycles. The van der Waals surface area contributed by atoms with Gasteiger partial charge in [-0.05, 0) is 31.5 Å². The molecule has 0 spiro atoms. The van der Waals surface area contributed by atoms with Crippen molar-refractivity contribution in [1.82, 2.24) is 15.5 Å². The molecule has 0 unspecified atom stereocenters. The molecule has 0 radical (unpaired) electrons. The molecule has 1 aromatic rings. The van der Waals surface area contributed by atoms with Gasteiger partial charge in [-0.3, -0.25) is 14.4 Å². The van der Waals surface area contributed by atoms with Gasteiger partial charge in [-0.1, -0.05) is 32.9 Å². The molecule has 0 bridgehead atoms. The number of hydrogen-bond donors (Lipinski definition) is 2. The zero-order valence-electron chi connectivity index (χ0n) is 15.8. The summed E-state index contributed by atoms with van der Waals surface area (Å²) in [5.41, 5.74) is 1.01. The third kappa shape index (κ3) is 6.57. The average molecular weight is 347 g/mol. The summed E-state index contributed by atoms with van der Waals surface area (Å²) in [6.45, 7) is 10.9. The van der Waals surface area contributed by atoms with E-state index < -0.39 is 5.41 Å². The van der Waals surface area contributed by atoms with Crippen LogP contribution in [0.1, 0.15) is 50.5 Å². The van der Waals surface area contributed by atoms with Crippen LogP contribution in [0.2, 0.25) is 0 Å². The van der Waals surface area contributed by atoms with Crippen molar-refractivity contribution in [2.75, 3.05) is 19.6 Å². The quantitative estimate of drug-likeness (QED) is 0.791. The smallest absolute Gasteiger partial charge is 0.253 e. The number of nitrogens with zero attached hydrogens (tertiary/aromatic N) is 1. The summed E-state index contributed by atoms with van der Waals surface area (Å²) in [5, 5.41) is 5.36. The third-order valence-corrected chi connectivity index (χ3v) is 3.83. The van der Waals surface area contributed by atoms with Crippen molar-refractivity contribution < 1.29 is 14.4 Å². The first-order chi connectivity index (χ1) is 11.7. The molecule has 0 aliphatic rings. The molecule has 1 aromatic carbocycles. The van der Waals surface area contributed by atoms with Gasteiger partial charge in [0.15, 0.2) is 0 Å². The van der Waals surface area contributed by atoms with E-state index >= 15 is 0 Å². The number of carbonyl (C=O) groups is 3. The van der Waals surface area contributed by atoms with E-state index in [0.717, 1.165) is 5.56 Å². The fourth-order valence-corrected chi connectivity index (χ4v) is 2.15. The minimum Gasteiger partial charge on any atom is -0.350 e. The summed E-state index contributed by atoms with van der Waals surface area (Å²) in [6.07, 6.45) is 0. The number of nitrogens with one attached hydrogen (secondary N) is 2. The molecule has 25 heavy (non-hydrogen) atoms. The lowest BCUT2D eigenvalue weighted by molar-refractivity contribution is -0.131. The minimum atomic E-state index is -0.520. The number of hydrogen-bond acceptors (Lipinski definition) is 3. The molecule has 0 atom stereocenters. The first-order valence-electron chi connectivity index (χ1n) is 8.62. The van der Waals surface area contributed by atoms with Gasteiger partial charge >= 0.3 is 0 Å². The largest absolute Gasteiger partial charge is 0.350 e. The van der Waals surface area contributed by atoms with Crippen molar-refractivity contribution in [3.05, 3.63) is 35.4 Å². The van der Waals surface area contributed by atoms with Crippen molar-refractivity contribution in [2.24, 2.45) is 5.41 Å². The Hall–Kier alpha value is -2.37. The molecule has 3 amide bonds. The van der Waals surface area contributed by atoms with Crippen LogP contribution in [0.4, 0.5) is 0 Å². The summed E-state index contributed by atoms with van der Waals surface area (Å²) in [5.74, 6) is -0.409. The molecular formula is C19H29N3O3. The molecular weight excluding hydrogens is 318 g/mol. The van der Waals surface area contributed by atoms with Gasteiger partial charge in [0, 0.05) is 30.6 Å². The maximum Gasteiger partial charge on any atom is 0.253 e. The van der Waals surface area contributed by atoms with Crippen LogP contribution >= 0.6 is 0 Å². The van der Waals surface area contributed by atoms with Crippen LogP contribution in [0, 0.1) is 5.41 Å². The highest BCUT2D eigenvalue weighted by Crippen LogP contribution is 2.12. The molecule has 1 rings (SSSR count). The van der Waals surface area contributed by atoms with Crippen molar-refractivity contribution in [2.45, 2.75) is 41.2 Å². The van der Waals surface area contributed by atoms with Crippen molar-refractivity contribution >= 4 is 17.7 Å². The Morgan fingerprint density at radius 2 is 1.52 bits per heavy atom. The summed E-state index contributed by atoms with van der Waals surface area (Å²) in [4.78, 5) is 37.5. The Kier molecular flexibility index (Phi) is 7.61. The van der Waals surface area contributed by atoms with Crippen LogP contribution in [-0.2, 0) is 16.1 Å². The molecule has 0 saturated carbocycles. The van der Waals surface area contributed by atoms with E-state index in [1.54, 1.807) is 37.8 Å². The zero-order chi connectivity index (χ0) is 19.0. The van der Waals surface area contributed by atoms with Crippen LogP contribution in [-0.4, -0.2) is 42.3 Å². The predicted octanol–water partition coefficient (Wildman–Crippen LogP) is 1.95. The predicted molar refractivity (Wildman–Crippen MR) is 98.0 cm³/mol. The van der Waals surface area contributed by atoms with Gasteiger partial charge in [-0.15, -0.1) is 0 Å². The Labute approximate surface area is 150 Å². The first-order valence-corrected chi connectivity index (χ1v) is 8.62. The maximum atomic E-state index is 12.2. The van der Waals surface area contributed by atoms with E-state index in [9.17, 15) is 14.4 Å². The number of rotatable bonds is 7. The lowest BCUT2D eigenvalue weighted by atomic mass is 9.96. The number of amides is 3. The van der Waals surface area contributed by atoms with E-state index in [1.807, 2.05) is 26.0 Å². The molecule has 0 aliphatic heterocycles. The standard InChI is InChI=1S/C19H29N3O3/c1-6-22(7-2)17(24)15-10-8-14(9-11-15)12-20-16(23)13-21-18(25)19(3,4)5/h8-11H,6-7,12-13H2,1-5H3,(H,20,23)(H,21,25). The topological polar surface area (TPSA) is 78.5 Å². The summed E-state index contributed by atoms with van der Waals surface area (Å²) in [7, 11) is 0. The van der Waals surface area contributed by atoms with Gasteiger partial charge in [0.1, 0.15) is 0 Å². The third-order valence-electron chi connectivity index (χ3n) is 3.83. The lowest BCUT2D eigenvalue weighted by Crippen LogP contribution is -2.41. The van der Waals surface area contributed by atoms with E-state index in [1.165, 1.54) is 0 Å². The Morgan fingerprint density at radius 1 is 0.960 bits per heavy atom. The number of benzene rings is 1.